The summed E-state index contributed by atoms with van der Waals surface area (Å²) in [5, 5.41) is 11.9. The summed E-state index contributed by atoms with van der Waals surface area (Å²) >= 11 is 0. The van der Waals surface area contributed by atoms with Crippen LogP contribution in [0, 0.1) is 0 Å². The third-order valence-corrected chi connectivity index (χ3v) is 9.75. The molecule has 0 aliphatic carbocycles. The third-order valence-electron chi connectivity index (χ3n) is 9.75. The van der Waals surface area contributed by atoms with Gasteiger partial charge in [0, 0.05) is 12.8 Å². The number of carbonyl (C=O) groups is 3. The average molecular weight is 719 g/mol. The molecule has 0 fully saturated rings. The lowest BCUT2D eigenvalue weighted by molar-refractivity contribution is -0.147. The van der Waals surface area contributed by atoms with Crippen molar-refractivity contribution in [1.29, 1.82) is 0 Å². The molecule has 0 heterocycles. The van der Waals surface area contributed by atoms with Crippen molar-refractivity contribution in [1.82, 2.24) is 5.32 Å². The molecule has 51 heavy (non-hydrogen) atoms. The van der Waals surface area contributed by atoms with E-state index in [0.29, 0.717) is 32.2 Å². The number of unbranched alkanes of at least 4 members (excludes halogenated alkanes) is 23. The van der Waals surface area contributed by atoms with Crippen LogP contribution in [0.2, 0.25) is 0 Å². The van der Waals surface area contributed by atoms with E-state index in [4.69, 9.17) is 10.5 Å². The summed E-state index contributed by atoms with van der Waals surface area (Å²) in [6.07, 6.45) is 43.9. The number of carboxylic acids is 1. The Balaban J connectivity index is 4.22. The van der Waals surface area contributed by atoms with Gasteiger partial charge in [-0.1, -0.05) is 167 Å². The van der Waals surface area contributed by atoms with Crippen LogP contribution in [-0.2, 0) is 19.1 Å². The number of amides is 1. The van der Waals surface area contributed by atoms with Crippen LogP contribution in [0.5, 0.6) is 0 Å². The largest absolute Gasteiger partial charge is 0.480 e. The fraction of sp³-hybridized carbons (Fsp3) is 0.841. The average Bonchev–Trinajstić information content (AvgIpc) is 3.11. The van der Waals surface area contributed by atoms with Crippen LogP contribution in [0.25, 0.3) is 0 Å². The van der Waals surface area contributed by atoms with E-state index in [1.54, 1.807) is 0 Å². The molecule has 0 aromatic rings. The van der Waals surface area contributed by atoms with Crippen LogP contribution in [0.15, 0.2) is 24.3 Å². The maximum absolute atomic E-state index is 12.7. The smallest absolute Gasteiger partial charge is 0.326 e. The lowest BCUT2D eigenvalue weighted by Gasteiger charge is -2.15. The van der Waals surface area contributed by atoms with Gasteiger partial charge in [0.25, 0.3) is 0 Å². The fourth-order valence-electron chi connectivity index (χ4n) is 6.46. The molecule has 0 aliphatic heterocycles. The van der Waals surface area contributed by atoms with Crippen molar-refractivity contribution in [2.45, 2.75) is 231 Å². The van der Waals surface area contributed by atoms with Crippen molar-refractivity contribution >= 4 is 17.8 Å². The third kappa shape index (κ3) is 36.0. The van der Waals surface area contributed by atoms with E-state index in [2.05, 4.69) is 43.5 Å². The zero-order valence-electron chi connectivity index (χ0n) is 33.5. The molecule has 0 bridgehead atoms. The second kappa shape index (κ2) is 39.1. The Labute approximate surface area is 314 Å². The van der Waals surface area contributed by atoms with Crippen LogP contribution >= 0.6 is 0 Å². The van der Waals surface area contributed by atoms with E-state index < -0.39 is 12.0 Å². The fourth-order valence-corrected chi connectivity index (χ4v) is 6.46. The summed E-state index contributed by atoms with van der Waals surface area (Å²) < 4.78 is 5.94. The summed E-state index contributed by atoms with van der Waals surface area (Å²) in [6, 6.07) is -0.854. The molecular weight excluding hydrogens is 636 g/mol. The Morgan fingerprint density at radius 1 is 0.588 bits per heavy atom. The topological polar surface area (TPSA) is 119 Å². The standard InChI is InChI=1S/C44H82N2O5/c1-3-5-7-9-11-13-14-15-16-17-18-19-20-22-28-32-38-43(48)51-40(34-29-25-21-12-10-8-6-4-2)35-30-26-23-24-27-31-37-42(47)46-41(44(49)50)36-33-39-45/h12,21,29,34,40-41H,3-11,13-20,22-28,30-33,35-39,45H2,1-2H3,(H,46,47)(H,49,50)/b21-12-,34-29-. The maximum Gasteiger partial charge on any atom is 0.326 e. The Morgan fingerprint density at radius 3 is 1.61 bits per heavy atom. The minimum absolute atomic E-state index is 0.0726. The van der Waals surface area contributed by atoms with Crippen molar-refractivity contribution in [2.75, 3.05) is 6.54 Å². The van der Waals surface area contributed by atoms with Crippen molar-refractivity contribution in [3.05, 3.63) is 24.3 Å². The lowest BCUT2D eigenvalue weighted by Crippen LogP contribution is -2.40. The number of carboxylic acid groups (broad SMARTS) is 1. The van der Waals surface area contributed by atoms with E-state index in [1.807, 2.05) is 0 Å². The van der Waals surface area contributed by atoms with E-state index >= 15 is 0 Å². The van der Waals surface area contributed by atoms with Gasteiger partial charge in [0.15, 0.2) is 0 Å². The van der Waals surface area contributed by atoms with Gasteiger partial charge in [-0.05, 0) is 70.4 Å². The molecule has 0 saturated heterocycles. The van der Waals surface area contributed by atoms with Gasteiger partial charge in [0.05, 0.1) is 0 Å². The van der Waals surface area contributed by atoms with E-state index in [9.17, 15) is 19.5 Å². The number of hydrogen-bond acceptors (Lipinski definition) is 5. The SMILES string of the molecule is CCCCC/C=C\C/C=C\C(CCCCCCCCC(=O)NC(CCCN)C(=O)O)OC(=O)CCCCCCCCCCCCCCCCCC. The van der Waals surface area contributed by atoms with Crippen molar-refractivity contribution in [3.8, 4) is 0 Å². The number of nitrogens with two attached hydrogens (primary N) is 1. The van der Waals surface area contributed by atoms with E-state index in [1.165, 1.54) is 109 Å². The molecule has 0 rings (SSSR count). The normalized spacial score (nSPS) is 12.8. The molecule has 0 spiro atoms. The van der Waals surface area contributed by atoms with Crippen LogP contribution in [0.4, 0.5) is 0 Å². The highest BCUT2D eigenvalue weighted by Crippen LogP contribution is 2.16. The van der Waals surface area contributed by atoms with Gasteiger partial charge < -0.3 is 20.9 Å². The summed E-state index contributed by atoms with van der Waals surface area (Å²) in [6.45, 7) is 4.91. The Kier molecular flexibility index (Phi) is 37.4. The Hall–Kier alpha value is -2.15. The van der Waals surface area contributed by atoms with Gasteiger partial charge in [-0.2, -0.15) is 0 Å². The molecule has 298 valence electrons. The van der Waals surface area contributed by atoms with Gasteiger partial charge in [0.1, 0.15) is 12.1 Å². The second-order valence-electron chi connectivity index (χ2n) is 14.8. The number of ether oxygens (including phenoxy) is 1. The number of hydrogen-bond donors (Lipinski definition) is 3. The van der Waals surface area contributed by atoms with E-state index in [-0.39, 0.29) is 18.0 Å². The molecule has 2 unspecified atom stereocenters. The van der Waals surface area contributed by atoms with Crippen LogP contribution in [-0.4, -0.2) is 41.6 Å². The lowest BCUT2D eigenvalue weighted by atomic mass is 10.0. The first-order valence-electron chi connectivity index (χ1n) is 21.7. The zero-order valence-corrected chi connectivity index (χ0v) is 33.5. The molecule has 1 amide bonds. The molecule has 0 aromatic heterocycles. The Morgan fingerprint density at radius 2 is 1.08 bits per heavy atom. The van der Waals surface area contributed by atoms with E-state index in [0.717, 1.165) is 70.6 Å². The van der Waals surface area contributed by atoms with Gasteiger partial charge in [-0.25, -0.2) is 4.79 Å². The van der Waals surface area contributed by atoms with Gasteiger partial charge in [-0.15, -0.1) is 0 Å². The molecule has 2 atom stereocenters. The molecule has 4 N–H and O–H groups in total. The molecule has 0 radical (unpaired) electrons. The first-order valence-corrected chi connectivity index (χ1v) is 21.7. The zero-order chi connectivity index (χ0) is 37.5. The highest BCUT2D eigenvalue weighted by molar-refractivity contribution is 5.83. The number of nitrogens with one attached hydrogen (secondary N) is 1. The highest BCUT2D eigenvalue weighted by Gasteiger charge is 2.18. The molecule has 7 heteroatoms. The number of aliphatic carboxylic acids is 1. The summed E-state index contributed by atoms with van der Waals surface area (Å²) in [4.78, 5) is 36.2. The number of carbonyl (C=O) groups excluding carboxylic acids is 2. The number of rotatable bonds is 39. The Bertz CT molecular complexity index is 858. The predicted molar refractivity (Wildman–Crippen MR) is 216 cm³/mol. The predicted octanol–water partition coefficient (Wildman–Crippen LogP) is 12.1. The number of esters is 1. The number of allylic oxidation sites excluding steroid dienone is 3. The van der Waals surface area contributed by atoms with Crippen LogP contribution in [0.1, 0.15) is 219 Å². The molecule has 0 aliphatic rings. The van der Waals surface area contributed by atoms with Crippen molar-refractivity contribution < 1.29 is 24.2 Å². The molecular formula is C44H82N2O5. The minimum Gasteiger partial charge on any atom is -0.480 e. The van der Waals surface area contributed by atoms with Gasteiger partial charge >= 0.3 is 11.9 Å². The molecule has 7 nitrogen and oxygen atoms in total. The van der Waals surface area contributed by atoms with Gasteiger partial charge in [0.2, 0.25) is 5.91 Å². The van der Waals surface area contributed by atoms with Crippen molar-refractivity contribution in [2.24, 2.45) is 5.73 Å². The highest BCUT2D eigenvalue weighted by atomic mass is 16.5. The first-order chi connectivity index (χ1) is 24.9. The van der Waals surface area contributed by atoms with Crippen LogP contribution in [0.3, 0.4) is 0 Å². The summed E-state index contributed by atoms with van der Waals surface area (Å²) in [5.41, 5.74) is 5.47. The van der Waals surface area contributed by atoms with Crippen molar-refractivity contribution in [3.63, 3.8) is 0 Å². The van der Waals surface area contributed by atoms with Gasteiger partial charge in [-0.3, -0.25) is 9.59 Å². The minimum atomic E-state index is -1.00. The summed E-state index contributed by atoms with van der Waals surface area (Å²) in [5.74, 6) is -1.28. The quantitative estimate of drug-likeness (QED) is 0.0331. The second-order valence-corrected chi connectivity index (χ2v) is 14.8. The monoisotopic (exact) mass is 719 g/mol. The maximum atomic E-state index is 12.7. The molecule has 0 saturated carbocycles. The molecule has 0 aromatic carbocycles. The first kappa shape index (κ1) is 48.9. The van der Waals surface area contributed by atoms with Crippen LogP contribution < -0.4 is 11.1 Å². The summed E-state index contributed by atoms with van der Waals surface area (Å²) in [7, 11) is 0.